The van der Waals surface area contributed by atoms with Crippen molar-refractivity contribution in [2.45, 2.75) is 6.54 Å². The number of halogens is 3. The molecule has 0 bridgehead atoms. The zero-order valence-corrected chi connectivity index (χ0v) is 10.3. The Kier molecular flexibility index (Phi) is 3.63. The molecule has 0 aliphatic heterocycles. The van der Waals surface area contributed by atoms with Crippen LogP contribution in [0.15, 0.2) is 24.4 Å². The van der Waals surface area contributed by atoms with Crippen molar-refractivity contribution in [3.8, 4) is 0 Å². The number of hydrogen-bond acceptors (Lipinski definition) is 3. The maximum Gasteiger partial charge on any atom is 0.124 e. The van der Waals surface area contributed by atoms with E-state index < -0.39 is 0 Å². The third kappa shape index (κ3) is 2.84. The summed E-state index contributed by atoms with van der Waals surface area (Å²) in [6.45, 7) is 0.517. The van der Waals surface area contributed by atoms with Gasteiger partial charge in [0.25, 0.3) is 0 Å². The Morgan fingerprint density at radius 1 is 1.38 bits per heavy atom. The fraction of sp³-hybridized carbons (Fsp3) is 0.100. The highest BCUT2D eigenvalue weighted by Crippen LogP contribution is 2.24. The molecule has 1 N–H and O–H groups in total. The van der Waals surface area contributed by atoms with Crippen LogP contribution in [0.25, 0.3) is 0 Å². The van der Waals surface area contributed by atoms with Gasteiger partial charge in [-0.05, 0) is 18.2 Å². The van der Waals surface area contributed by atoms with Gasteiger partial charge >= 0.3 is 0 Å². The number of nitrogens with one attached hydrogen (secondary N) is 1. The normalized spacial score (nSPS) is 10.4. The topological polar surface area (TPSA) is 24.9 Å². The molecule has 6 heteroatoms. The summed E-state index contributed by atoms with van der Waals surface area (Å²) < 4.78 is 13.4. The second-order valence-corrected chi connectivity index (χ2v) is 5.19. The Morgan fingerprint density at radius 2 is 2.19 bits per heavy atom. The van der Waals surface area contributed by atoms with Crippen LogP contribution >= 0.6 is 34.5 Å². The molecule has 0 saturated heterocycles. The largest absolute Gasteiger partial charge is 0.377 e. The van der Waals surface area contributed by atoms with Crippen LogP contribution in [0.4, 0.5) is 10.1 Å². The summed E-state index contributed by atoms with van der Waals surface area (Å²) in [6.07, 6.45) is 1.59. The molecule has 0 aliphatic carbocycles. The van der Waals surface area contributed by atoms with E-state index in [9.17, 15) is 4.39 Å². The minimum atomic E-state index is -0.354. The molecule has 1 heterocycles. The Labute approximate surface area is 106 Å². The van der Waals surface area contributed by atoms with Crippen LogP contribution in [-0.2, 0) is 6.54 Å². The van der Waals surface area contributed by atoms with Crippen LogP contribution in [0.1, 0.15) is 5.01 Å². The molecular formula is C10H7Cl2FN2S. The van der Waals surface area contributed by atoms with Crippen molar-refractivity contribution in [3.63, 3.8) is 0 Å². The van der Waals surface area contributed by atoms with E-state index in [1.165, 1.54) is 23.5 Å². The summed E-state index contributed by atoms with van der Waals surface area (Å²) in [5.41, 5.74) is 0.675. The van der Waals surface area contributed by atoms with Gasteiger partial charge in [-0.1, -0.05) is 23.2 Å². The van der Waals surface area contributed by atoms with E-state index in [1.807, 2.05) is 0 Å². The average molecular weight is 277 g/mol. The van der Waals surface area contributed by atoms with Gasteiger partial charge in [0.2, 0.25) is 0 Å². The summed E-state index contributed by atoms with van der Waals surface area (Å²) in [5, 5.41) is 4.26. The fourth-order valence-corrected chi connectivity index (χ4v) is 2.30. The van der Waals surface area contributed by atoms with Gasteiger partial charge in [0.15, 0.2) is 0 Å². The van der Waals surface area contributed by atoms with E-state index in [0.29, 0.717) is 21.6 Å². The van der Waals surface area contributed by atoms with Crippen molar-refractivity contribution < 1.29 is 4.39 Å². The van der Waals surface area contributed by atoms with Gasteiger partial charge in [-0.25, -0.2) is 9.37 Å². The van der Waals surface area contributed by atoms with Gasteiger partial charge in [0.05, 0.1) is 23.5 Å². The third-order valence-electron chi connectivity index (χ3n) is 1.89. The van der Waals surface area contributed by atoms with E-state index in [-0.39, 0.29) is 5.82 Å². The number of nitrogens with zero attached hydrogens (tertiary/aromatic N) is 1. The molecule has 0 unspecified atom stereocenters. The Balaban J connectivity index is 2.04. The van der Waals surface area contributed by atoms with Gasteiger partial charge in [-0.3, -0.25) is 0 Å². The van der Waals surface area contributed by atoms with Crippen LogP contribution in [0.2, 0.25) is 9.36 Å². The standard InChI is InChI=1S/C10H7Cl2FN2S/c11-7-3-6(13)1-2-8(7)14-5-10-15-4-9(12)16-10/h1-4,14H,5H2. The van der Waals surface area contributed by atoms with E-state index >= 15 is 0 Å². The van der Waals surface area contributed by atoms with Crippen LogP contribution in [0.3, 0.4) is 0 Å². The number of anilines is 1. The maximum atomic E-state index is 12.8. The molecule has 1 aromatic heterocycles. The average Bonchev–Trinajstić information content (AvgIpc) is 2.63. The number of hydrogen-bond donors (Lipinski definition) is 1. The number of aromatic nitrogens is 1. The molecule has 2 aromatic rings. The monoisotopic (exact) mass is 276 g/mol. The first-order chi connectivity index (χ1) is 7.65. The zero-order chi connectivity index (χ0) is 11.5. The summed E-state index contributed by atoms with van der Waals surface area (Å²) in [5.74, 6) is -0.354. The van der Waals surface area contributed by atoms with Gasteiger partial charge in [-0.2, -0.15) is 0 Å². The molecule has 16 heavy (non-hydrogen) atoms. The maximum absolute atomic E-state index is 12.8. The molecule has 0 amide bonds. The predicted octanol–water partition coefficient (Wildman–Crippen LogP) is 4.20. The van der Waals surface area contributed by atoms with Crippen LogP contribution in [-0.4, -0.2) is 4.98 Å². The fourth-order valence-electron chi connectivity index (χ4n) is 1.17. The quantitative estimate of drug-likeness (QED) is 0.909. The van der Waals surface area contributed by atoms with Gasteiger partial charge in [-0.15, -0.1) is 11.3 Å². The van der Waals surface area contributed by atoms with Crippen molar-refractivity contribution in [3.05, 3.63) is 44.6 Å². The SMILES string of the molecule is Fc1ccc(NCc2ncc(Cl)s2)c(Cl)c1. The second-order valence-electron chi connectivity index (χ2n) is 3.04. The van der Waals surface area contributed by atoms with Crippen molar-refractivity contribution in [1.29, 1.82) is 0 Å². The zero-order valence-electron chi connectivity index (χ0n) is 8.01. The van der Waals surface area contributed by atoms with Crippen LogP contribution in [0.5, 0.6) is 0 Å². The van der Waals surface area contributed by atoms with Crippen molar-refractivity contribution in [1.82, 2.24) is 4.98 Å². The summed E-state index contributed by atoms with van der Waals surface area (Å²) in [6, 6.07) is 4.20. The Hall–Kier alpha value is -0.840. The lowest BCUT2D eigenvalue weighted by Gasteiger charge is -2.06. The van der Waals surface area contributed by atoms with Crippen LogP contribution < -0.4 is 5.32 Å². The first kappa shape index (κ1) is 11.6. The molecule has 1 aromatic carbocycles. The lowest BCUT2D eigenvalue weighted by Crippen LogP contribution is -1.99. The third-order valence-corrected chi connectivity index (χ3v) is 3.31. The molecule has 0 atom stereocenters. The van der Waals surface area contributed by atoms with Gasteiger partial charge in [0.1, 0.15) is 15.2 Å². The van der Waals surface area contributed by atoms with Crippen molar-refractivity contribution in [2.24, 2.45) is 0 Å². The lowest BCUT2D eigenvalue weighted by atomic mass is 10.3. The molecule has 0 saturated carbocycles. The van der Waals surface area contributed by atoms with E-state index in [4.69, 9.17) is 23.2 Å². The van der Waals surface area contributed by atoms with Gasteiger partial charge in [0, 0.05) is 0 Å². The molecule has 0 radical (unpaired) electrons. The second kappa shape index (κ2) is 4.99. The first-order valence-electron chi connectivity index (χ1n) is 4.44. The molecular weight excluding hydrogens is 270 g/mol. The number of rotatable bonds is 3. The Morgan fingerprint density at radius 3 is 2.81 bits per heavy atom. The van der Waals surface area contributed by atoms with E-state index in [2.05, 4.69) is 10.3 Å². The Bertz CT molecular complexity index is 501. The molecule has 2 rings (SSSR count). The van der Waals surface area contributed by atoms with Crippen molar-refractivity contribution in [2.75, 3.05) is 5.32 Å². The first-order valence-corrected chi connectivity index (χ1v) is 6.01. The minimum absolute atomic E-state index is 0.350. The lowest BCUT2D eigenvalue weighted by molar-refractivity contribution is 0.628. The minimum Gasteiger partial charge on any atom is -0.377 e. The number of thiazole rings is 1. The number of benzene rings is 1. The molecule has 2 nitrogen and oxygen atoms in total. The van der Waals surface area contributed by atoms with Crippen molar-refractivity contribution >= 4 is 40.2 Å². The van der Waals surface area contributed by atoms with Crippen LogP contribution in [0, 0.1) is 5.82 Å². The highest BCUT2D eigenvalue weighted by molar-refractivity contribution is 7.15. The highest BCUT2D eigenvalue weighted by atomic mass is 35.5. The molecule has 84 valence electrons. The molecule has 0 fully saturated rings. The van der Waals surface area contributed by atoms with Gasteiger partial charge < -0.3 is 5.32 Å². The van der Waals surface area contributed by atoms with E-state index in [1.54, 1.807) is 12.3 Å². The smallest absolute Gasteiger partial charge is 0.124 e. The summed E-state index contributed by atoms with van der Waals surface area (Å²) in [4.78, 5) is 4.08. The summed E-state index contributed by atoms with van der Waals surface area (Å²) in [7, 11) is 0. The summed E-state index contributed by atoms with van der Waals surface area (Å²) >= 11 is 13.0. The molecule has 0 aliphatic rings. The predicted molar refractivity (Wildman–Crippen MR) is 65.9 cm³/mol. The highest BCUT2D eigenvalue weighted by Gasteiger charge is 2.03. The molecule has 0 spiro atoms. The van der Waals surface area contributed by atoms with E-state index in [0.717, 1.165) is 5.01 Å².